The monoisotopic (exact) mass is 969 g/mol. The molecule has 6 nitrogen and oxygen atoms in total. The van der Waals surface area contributed by atoms with Gasteiger partial charge in [0.05, 0.1) is 0 Å². The van der Waals surface area contributed by atoms with E-state index in [1.165, 1.54) is 199 Å². The Morgan fingerprint density at radius 3 is 0.841 bits per heavy atom. The molecule has 0 fully saturated rings. The maximum Gasteiger partial charge on any atom is 0.306 e. The second kappa shape index (κ2) is 58.2. The van der Waals surface area contributed by atoms with Crippen molar-refractivity contribution < 1.29 is 28.6 Å². The minimum Gasteiger partial charge on any atom is -0.462 e. The molecule has 0 bridgehead atoms. The smallest absolute Gasteiger partial charge is 0.306 e. The van der Waals surface area contributed by atoms with Crippen molar-refractivity contribution in [3.8, 4) is 0 Å². The predicted octanol–water partition coefficient (Wildman–Crippen LogP) is 20.4. The first-order valence-electron chi connectivity index (χ1n) is 30.5. The summed E-state index contributed by atoms with van der Waals surface area (Å²) >= 11 is 0. The molecule has 0 saturated carbocycles. The molecule has 0 amide bonds. The van der Waals surface area contributed by atoms with Gasteiger partial charge in [-0.1, -0.05) is 269 Å². The number of carbonyl (C=O) groups excluding carboxylic acids is 3. The number of hydrogen-bond acceptors (Lipinski definition) is 6. The molecule has 0 aliphatic heterocycles. The highest BCUT2D eigenvalue weighted by molar-refractivity contribution is 5.71. The van der Waals surface area contributed by atoms with Gasteiger partial charge in [0.1, 0.15) is 13.2 Å². The fraction of sp³-hybridized carbons (Fsp3) is 0.857. The summed E-state index contributed by atoms with van der Waals surface area (Å²) in [5.41, 5.74) is 0. The number of unbranched alkanes of at least 4 members (excludes halogenated alkanes) is 39. The van der Waals surface area contributed by atoms with Gasteiger partial charge < -0.3 is 14.2 Å². The van der Waals surface area contributed by atoms with E-state index in [9.17, 15) is 14.4 Å². The van der Waals surface area contributed by atoms with Crippen molar-refractivity contribution in [2.75, 3.05) is 13.2 Å². The Balaban J connectivity index is 4.23. The van der Waals surface area contributed by atoms with Crippen LogP contribution in [0.15, 0.2) is 36.5 Å². The predicted molar refractivity (Wildman–Crippen MR) is 298 cm³/mol. The van der Waals surface area contributed by atoms with Crippen LogP contribution in [-0.2, 0) is 28.6 Å². The van der Waals surface area contributed by atoms with Crippen LogP contribution in [0, 0.1) is 0 Å². The Labute approximate surface area is 429 Å². The largest absolute Gasteiger partial charge is 0.462 e. The van der Waals surface area contributed by atoms with Crippen LogP contribution < -0.4 is 0 Å². The van der Waals surface area contributed by atoms with E-state index in [1.54, 1.807) is 0 Å². The normalized spacial score (nSPS) is 12.2. The number of esters is 3. The lowest BCUT2D eigenvalue weighted by atomic mass is 10.0. The third-order valence-corrected chi connectivity index (χ3v) is 13.6. The molecule has 0 radical (unpaired) electrons. The standard InChI is InChI=1S/C63H116O6/c1-4-7-10-13-16-19-22-25-27-28-29-30-31-32-33-34-35-37-38-41-44-47-50-53-56-62(65)68-59-60(58-67-61(64)55-52-49-46-43-40-24-21-18-15-12-9-6-3)69-63(66)57-54-51-48-45-42-39-36-26-23-20-17-14-11-8-5-2/h17-18,20-21,26,36,60H,4-16,19,22-25,27-35,37-59H2,1-3H3/b20-17-,21-18-,36-26-. The summed E-state index contributed by atoms with van der Waals surface area (Å²) in [5, 5.41) is 0. The third-order valence-electron chi connectivity index (χ3n) is 13.6. The van der Waals surface area contributed by atoms with Crippen LogP contribution in [0.3, 0.4) is 0 Å². The van der Waals surface area contributed by atoms with Crippen molar-refractivity contribution >= 4 is 17.9 Å². The van der Waals surface area contributed by atoms with E-state index in [2.05, 4.69) is 57.2 Å². The minimum atomic E-state index is -0.780. The molecular weight excluding hydrogens is 853 g/mol. The molecule has 1 atom stereocenters. The van der Waals surface area contributed by atoms with E-state index in [-0.39, 0.29) is 31.1 Å². The molecule has 0 aromatic carbocycles. The lowest BCUT2D eigenvalue weighted by molar-refractivity contribution is -0.167. The molecule has 0 aromatic heterocycles. The first kappa shape index (κ1) is 66.6. The van der Waals surface area contributed by atoms with E-state index in [4.69, 9.17) is 14.2 Å². The first-order valence-corrected chi connectivity index (χ1v) is 30.5. The number of rotatable bonds is 56. The van der Waals surface area contributed by atoms with Gasteiger partial charge in [-0.25, -0.2) is 0 Å². The van der Waals surface area contributed by atoms with E-state index >= 15 is 0 Å². The maximum atomic E-state index is 12.8. The third kappa shape index (κ3) is 56.4. The topological polar surface area (TPSA) is 78.9 Å². The van der Waals surface area contributed by atoms with Crippen molar-refractivity contribution in [1.29, 1.82) is 0 Å². The molecule has 0 rings (SSSR count). The van der Waals surface area contributed by atoms with Crippen molar-refractivity contribution in [3.05, 3.63) is 36.5 Å². The Kier molecular flexibility index (Phi) is 56.2. The second-order valence-corrected chi connectivity index (χ2v) is 20.6. The minimum absolute atomic E-state index is 0.0769. The van der Waals surface area contributed by atoms with Crippen LogP contribution in [0.4, 0.5) is 0 Å². The summed E-state index contributed by atoms with van der Waals surface area (Å²) < 4.78 is 16.9. The van der Waals surface area contributed by atoms with E-state index in [1.807, 2.05) is 0 Å². The molecule has 69 heavy (non-hydrogen) atoms. The molecule has 404 valence electrons. The van der Waals surface area contributed by atoms with Gasteiger partial charge >= 0.3 is 17.9 Å². The zero-order valence-electron chi connectivity index (χ0n) is 46.3. The molecular formula is C63H116O6. The Morgan fingerprint density at radius 2 is 0.522 bits per heavy atom. The van der Waals surface area contributed by atoms with E-state index < -0.39 is 6.10 Å². The quantitative estimate of drug-likeness (QED) is 0.0261. The van der Waals surface area contributed by atoms with Crippen molar-refractivity contribution in [1.82, 2.24) is 0 Å². The van der Waals surface area contributed by atoms with Gasteiger partial charge in [-0.3, -0.25) is 14.4 Å². The number of ether oxygens (including phenoxy) is 3. The SMILES string of the molecule is CCCCC/C=C\C/C=C\CCCCCCCC(=O)OC(COC(=O)CCCCCCC/C=C\CCCCC)COC(=O)CCCCCCCCCCCCCCCCCCCCCCCCCC. The average molecular weight is 970 g/mol. The van der Waals surface area contributed by atoms with Crippen molar-refractivity contribution in [2.24, 2.45) is 0 Å². The summed E-state index contributed by atoms with van der Waals surface area (Å²) in [6.45, 7) is 6.62. The van der Waals surface area contributed by atoms with Gasteiger partial charge in [0.2, 0.25) is 0 Å². The van der Waals surface area contributed by atoms with E-state index in [0.29, 0.717) is 19.3 Å². The van der Waals surface area contributed by atoms with Gasteiger partial charge in [-0.05, 0) is 77.0 Å². The molecule has 0 spiro atoms. The summed E-state index contributed by atoms with van der Waals surface area (Å²) in [7, 11) is 0. The Hall–Kier alpha value is -2.37. The molecule has 0 aliphatic carbocycles. The summed E-state index contributed by atoms with van der Waals surface area (Å²) in [6, 6.07) is 0. The van der Waals surface area contributed by atoms with Gasteiger partial charge in [-0.15, -0.1) is 0 Å². The van der Waals surface area contributed by atoms with Crippen LogP contribution in [0.2, 0.25) is 0 Å². The van der Waals surface area contributed by atoms with Gasteiger partial charge in [0.15, 0.2) is 6.10 Å². The summed E-state index contributed by atoms with van der Waals surface area (Å²) in [6.07, 6.45) is 70.1. The van der Waals surface area contributed by atoms with Crippen molar-refractivity contribution in [3.63, 3.8) is 0 Å². The summed E-state index contributed by atoms with van der Waals surface area (Å²) in [4.78, 5) is 38.1. The highest BCUT2D eigenvalue weighted by Gasteiger charge is 2.19. The second-order valence-electron chi connectivity index (χ2n) is 20.6. The van der Waals surface area contributed by atoms with Crippen LogP contribution >= 0.6 is 0 Å². The average Bonchev–Trinajstić information content (AvgIpc) is 3.35. The van der Waals surface area contributed by atoms with Crippen LogP contribution in [0.5, 0.6) is 0 Å². The number of carbonyl (C=O) groups is 3. The Morgan fingerprint density at radius 1 is 0.290 bits per heavy atom. The maximum absolute atomic E-state index is 12.8. The zero-order valence-corrected chi connectivity index (χ0v) is 46.3. The molecule has 6 heteroatoms. The fourth-order valence-electron chi connectivity index (χ4n) is 9.00. The molecule has 0 aliphatic rings. The summed E-state index contributed by atoms with van der Waals surface area (Å²) in [5.74, 6) is -0.883. The lowest BCUT2D eigenvalue weighted by Gasteiger charge is -2.18. The molecule has 0 heterocycles. The van der Waals surface area contributed by atoms with E-state index in [0.717, 1.165) is 89.9 Å². The highest BCUT2D eigenvalue weighted by Crippen LogP contribution is 2.17. The molecule has 0 N–H and O–H groups in total. The zero-order chi connectivity index (χ0) is 50.0. The van der Waals surface area contributed by atoms with Crippen LogP contribution in [0.25, 0.3) is 0 Å². The molecule has 1 unspecified atom stereocenters. The molecule has 0 aromatic rings. The number of hydrogen-bond donors (Lipinski definition) is 0. The van der Waals surface area contributed by atoms with Crippen molar-refractivity contribution in [2.45, 2.75) is 335 Å². The molecule has 0 saturated heterocycles. The Bertz CT molecular complexity index is 1160. The van der Waals surface area contributed by atoms with Crippen LogP contribution in [0.1, 0.15) is 329 Å². The van der Waals surface area contributed by atoms with Crippen LogP contribution in [-0.4, -0.2) is 37.2 Å². The first-order chi connectivity index (χ1) is 34.0. The van der Waals surface area contributed by atoms with Gasteiger partial charge in [-0.2, -0.15) is 0 Å². The highest BCUT2D eigenvalue weighted by atomic mass is 16.6. The fourth-order valence-corrected chi connectivity index (χ4v) is 9.00. The number of allylic oxidation sites excluding steroid dienone is 6. The van der Waals surface area contributed by atoms with Gasteiger partial charge in [0, 0.05) is 19.3 Å². The van der Waals surface area contributed by atoms with Gasteiger partial charge in [0.25, 0.3) is 0 Å². The lowest BCUT2D eigenvalue weighted by Crippen LogP contribution is -2.30.